The fourth-order valence-corrected chi connectivity index (χ4v) is 2.93. The maximum Gasteiger partial charge on any atom is 0.153 e. The molecule has 11 heavy (non-hydrogen) atoms. The zero-order valence-corrected chi connectivity index (χ0v) is 7.45. The lowest BCUT2D eigenvalue weighted by Gasteiger charge is -2.20. The third kappa shape index (κ3) is 2.76. The molecule has 4 nitrogen and oxygen atoms in total. The zero-order valence-electron chi connectivity index (χ0n) is 6.63. The first kappa shape index (κ1) is 8.96. The van der Waals surface area contributed by atoms with Gasteiger partial charge in [0, 0.05) is 18.6 Å². The van der Waals surface area contributed by atoms with Crippen molar-refractivity contribution in [3.63, 3.8) is 0 Å². The van der Waals surface area contributed by atoms with Gasteiger partial charge in [-0.3, -0.25) is 0 Å². The minimum atomic E-state index is -2.91. The van der Waals surface area contributed by atoms with Gasteiger partial charge in [0.15, 0.2) is 9.84 Å². The van der Waals surface area contributed by atoms with Crippen LogP contribution in [-0.2, 0) is 9.84 Å². The first-order valence-electron chi connectivity index (χ1n) is 3.61. The summed E-state index contributed by atoms with van der Waals surface area (Å²) in [4.78, 5) is 0. The van der Waals surface area contributed by atoms with Gasteiger partial charge in [-0.05, 0) is 6.92 Å². The van der Waals surface area contributed by atoms with Crippen molar-refractivity contribution in [3.05, 3.63) is 0 Å². The van der Waals surface area contributed by atoms with E-state index >= 15 is 0 Å². The molecule has 0 aromatic rings. The molecular formula is C6H14N2O2S. The Hall–Kier alpha value is -0.130. The standard InChI is InChI=1S/C6H14N2O2S/c1-6(7)4-8-2-3-11(9,10)5-6/h8H,2-5,7H2,1H3. The number of hydrogen-bond acceptors (Lipinski definition) is 4. The highest BCUT2D eigenvalue weighted by atomic mass is 32.2. The molecule has 0 radical (unpaired) electrons. The molecule has 1 aliphatic rings. The van der Waals surface area contributed by atoms with E-state index in [1.165, 1.54) is 0 Å². The van der Waals surface area contributed by atoms with Gasteiger partial charge in [0.2, 0.25) is 0 Å². The summed E-state index contributed by atoms with van der Waals surface area (Å²) in [6.45, 7) is 2.85. The molecule has 0 aliphatic carbocycles. The summed E-state index contributed by atoms with van der Waals surface area (Å²) in [6, 6.07) is 0. The van der Waals surface area contributed by atoms with Gasteiger partial charge in [0.05, 0.1) is 11.5 Å². The van der Waals surface area contributed by atoms with Crippen LogP contribution in [0.1, 0.15) is 6.92 Å². The van der Waals surface area contributed by atoms with E-state index in [0.29, 0.717) is 13.1 Å². The van der Waals surface area contributed by atoms with E-state index in [0.717, 1.165) is 0 Å². The summed E-state index contributed by atoms with van der Waals surface area (Å²) >= 11 is 0. The van der Waals surface area contributed by atoms with Gasteiger partial charge in [-0.15, -0.1) is 0 Å². The highest BCUT2D eigenvalue weighted by Gasteiger charge is 2.28. The van der Waals surface area contributed by atoms with Gasteiger partial charge >= 0.3 is 0 Å². The van der Waals surface area contributed by atoms with Crippen molar-refractivity contribution >= 4 is 9.84 Å². The van der Waals surface area contributed by atoms with Crippen molar-refractivity contribution < 1.29 is 8.42 Å². The highest BCUT2D eigenvalue weighted by Crippen LogP contribution is 2.06. The molecule has 1 saturated heterocycles. The summed E-state index contributed by atoms with van der Waals surface area (Å²) in [7, 11) is -2.91. The lowest BCUT2D eigenvalue weighted by atomic mass is 10.1. The number of nitrogens with two attached hydrogens (primary N) is 1. The number of nitrogens with one attached hydrogen (secondary N) is 1. The smallest absolute Gasteiger partial charge is 0.153 e. The Morgan fingerprint density at radius 2 is 2.18 bits per heavy atom. The van der Waals surface area contributed by atoms with Crippen LogP contribution in [0.15, 0.2) is 0 Å². The maximum absolute atomic E-state index is 11.2. The third-order valence-corrected chi connectivity index (χ3v) is 3.59. The SMILES string of the molecule is CC1(N)CNCCS(=O)(=O)C1. The molecule has 0 saturated carbocycles. The molecule has 1 aliphatic heterocycles. The molecule has 3 N–H and O–H groups in total. The second-order valence-corrected chi connectivity index (χ2v) is 5.61. The van der Waals surface area contributed by atoms with E-state index in [1.807, 2.05) is 0 Å². The van der Waals surface area contributed by atoms with E-state index in [4.69, 9.17) is 5.73 Å². The van der Waals surface area contributed by atoms with Crippen molar-refractivity contribution in [2.24, 2.45) is 5.73 Å². The Bertz CT molecular complexity index is 233. The zero-order chi connectivity index (χ0) is 8.54. The van der Waals surface area contributed by atoms with E-state index in [2.05, 4.69) is 5.32 Å². The fourth-order valence-electron chi connectivity index (χ4n) is 1.23. The summed E-state index contributed by atoms with van der Waals surface area (Å²) < 4.78 is 22.3. The predicted octanol–water partition coefficient (Wildman–Crippen LogP) is -1.28. The van der Waals surface area contributed by atoms with E-state index < -0.39 is 15.4 Å². The minimum absolute atomic E-state index is 0.0903. The van der Waals surface area contributed by atoms with Gasteiger partial charge in [-0.2, -0.15) is 0 Å². The lowest BCUT2D eigenvalue weighted by Crippen LogP contribution is -2.48. The normalized spacial score (nSPS) is 38.0. The molecule has 1 unspecified atom stereocenters. The molecule has 1 fully saturated rings. The topological polar surface area (TPSA) is 72.2 Å². The Morgan fingerprint density at radius 1 is 1.55 bits per heavy atom. The summed E-state index contributed by atoms with van der Waals surface area (Å²) in [6.07, 6.45) is 0. The van der Waals surface area contributed by atoms with Crippen LogP contribution >= 0.6 is 0 Å². The van der Waals surface area contributed by atoms with Gasteiger partial charge in [0.25, 0.3) is 0 Å². The minimum Gasteiger partial charge on any atom is -0.323 e. The molecule has 66 valence electrons. The van der Waals surface area contributed by atoms with Gasteiger partial charge in [-0.25, -0.2) is 8.42 Å². The van der Waals surface area contributed by atoms with Crippen LogP contribution < -0.4 is 11.1 Å². The van der Waals surface area contributed by atoms with E-state index in [1.54, 1.807) is 6.92 Å². The van der Waals surface area contributed by atoms with Crippen molar-refractivity contribution in [2.45, 2.75) is 12.5 Å². The number of hydrogen-bond donors (Lipinski definition) is 2. The second-order valence-electron chi connectivity index (χ2n) is 3.42. The molecule has 5 heteroatoms. The first-order valence-corrected chi connectivity index (χ1v) is 5.43. The van der Waals surface area contributed by atoms with Crippen LogP contribution in [0, 0.1) is 0 Å². The van der Waals surface area contributed by atoms with Gasteiger partial charge < -0.3 is 11.1 Å². The van der Waals surface area contributed by atoms with E-state index in [9.17, 15) is 8.42 Å². The largest absolute Gasteiger partial charge is 0.323 e. The Morgan fingerprint density at radius 3 is 2.82 bits per heavy atom. The van der Waals surface area contributed by atoms with Crippen molar-refractivity contribution in [2.75, 3.05) is 24.6 Å². The highest BCUT2D eigenvalue weighted by molar-refractivity contribution is 7.91. The lowest BCUT2D eigenvalue weighted by molar-refractivity contribution is 0.484. The van der Waals surface area contributed by atoms with Crippen LogP contribution in [0.4, 0.5) is 0 Å². The summed E-state index contributed by atoms with van der Waals surface area (Å²) in [5.41, 5.74) is 5.11. The van der Waals surface area contributed by atoms with Crippen molar-refractivity contribution in [1.29, 1.82) is 0 Å². The molecule has 0 spiro atoms. The van der Waals surface area contributed by atoms with Crippen LogP contribution in [0.25, 0.3) is 0 Å². The average molecular weight is 178 g/mol. The number of sulfone groups is 1. The average Bonchev–Trinajstić information content (AvgIpc) is 1.86. The van der Waals surface area contributed by atoms with Crippen LogP contribution in [0.2, 0.25) is 0 Å². The summed E-state index contributed by atoms with van der Waals surface area (Å²) in [5.74, 6) is 0.298. The molecule has 0 aromatic heterocycles. The molecule has 0 bridgehead atoms. The number of rotatable bonds is 0. The van der Waals surface area contributed by atoms with Crippen LogP contribution in [0.5, 0.6) is 0 Å². The monoisotopic (exact) mass is 178 g/mol. The molecular weight excluding hydrogens is 164 g/mol. The Balaban J connectivity index is 2.78. The third-order valence-electron chi connectivity index (χ3n) is 1.67. The van der Waals surface area contributed by atoms with Crippen LogP contribution in [-0.4, -0.2) is 38.6 Å². The van der Waals surface area contributed by atoms with E-state index in [-0.39, 0.29) is 11.5 Å². The second kappa shape index (κ2) is 2.73. The van der Waals surface area contributed by atoms with Crippen molar-refractivity contribution in [3.8, 4) is 0 Å². The Labute approximate surface area is 67.1 Å². The molecule has 0 aromatic carbocycles. The molecule has 1 rings (SSSR count). The Kier molecular flexibility index (Phi) is 2.22. The molecule has 1 heterocycles. The maximum atomic E-state index is 11.2. The summed E-state index contributed by atoms with van der Waals surface area (Å²) in [5, 5.41) is 2.99. The van der Waals surface area contributed by atoms with Crippen LogP contribution in [0.3, 0.4) is 0 Å². The molecule has 0 amide bonds. The fraction of sp³-hybridized carbons (Fsp3) is 1.00. The van der Waals surface area contributed by atoms with Crippen molar-refractivity contribution in [1.82, 2.24) is 5.32 Å². The van der Waals surface area contributed by atoms with Gasteiger partial charge in [-0.1, -0.05) is 0 Å². The quantitative estimate of drug-likeness (QED) is 0.485. The molecule has 1 atom stereocenters. The first-order chi connectivity index (χ1) is 4.91. The van der Waals surface area contributed by atoms with Gasteiger partial charge in [0.1, 0.15) is 0 Å². The predicted molar refractivity (Wildman–Crippen MR) is 44.1 cm³/mol.